The summed E-state index contributed by atoms with van der Waals surface area (Å²) in [6, 6.07) is 12.6. The number of hydrogen-bond acceptors (Lipinski definition) is 6. The van der Waals surface area contributed by atoms with Gasteiger partial charge in [0.2, 0.25) is 0 Å². The van der Waals surface area contributed by atoms with Gasteiger partial charge in [-0.05, 0) is 43.7 Å². The first kappa shape index (κ1) is 18.7. The van der Waals surface area contributed by atoms with Gasteiger partial charge in [-0.1, -0.05) is 18.2 Å². The number of furan rings is 1. The molecular weight excluding hydrogens is 366 g/mol. The predicted molar refractivity (Wildman–Crippen MR) is 103 cm³/mol. The summed E-state index contributed by atoms with van der Waals surface area (Å²) in [5.74, 6) is 0.487. The lowest BCUT2D eigenvalue weighted by atomic mass is 10.2. The Kier molecular flexibility index (Phi) is 5.61. The number of methoxy groups -OCH3 is 1. The van der Waals surface area contributed by atoms with Gasteiger partial charge < -0.3 is 19.2 Å². The molecule has 0 atom stereocenters. The first-order valence-electron chi connectivity index (χ1n) is 8.25. The molecule has 1 aromatic carbocycles. The van der Waals surface area contributed by atoms with Gasteiger partial charge in [0.15, 0.2) is 5.76 Å². The molecule has 140 valence electrons. The second kappa shape index (κ2) is 8.09. The number of nitrogens with one attached hydrogen (secondary N) is 1. The van der Waals surface area contributed by atoms with Crippen molar-refractivity contribution in [2.75, 3.05) is 12.4 Å². The molecule has 2 aromatic heterocycles. The normalized spacial score (nSPS) is 10.5. The number of amides is 1. The number of esters is 1. The zero-order valence-electron chi connectivity index (χ0n) is 15.2. The minimum atomic E-state index is -0.499. The summed E-state index contributed by atoms with van der Waals surface area (Å²) in [5, 5.41) is 3.13. The molecule has 1 N–H and O–H groups in total. The van der Waals surface area contributed by atoms with E-state index >= 15 is 0 Å². The second-order valence-corrected chi connectivity index (χ2v) is 7.12. The molecule has 0 aliphatic rings. The molecule has 0 bridgehead atoms. The highest BCUT2D eigenvalue weighted by atomic mass is 32.1. The maximum atomic E-state index is 12.4. The molecule has 0 aliphatic carbocycles. The van der Waals surface area contributed by atoms with Crippen molar-refractivity contribution in [2.45, 2.75) is 20.5 Å². The van der Waals surface area contributed by atoms with Crippen LogP contribution >= 0.6 is 11.3 Å². The highest BCUT2D eigenvalue weighted by molar-refractivity contribution is 7.16. The molecule has 2 heterocycles. The summed E-state index contributed by atoms with van der Waals surface area (Å²) in [6.45, 7) is 4.02. The molecule has 6 nitrogen and oxygen atoms in total. The average molecular weight is 385 g/mol. The molecule has 0 saturated heterocycles. The Hall–Kier alpha value is -3.06. The lowest BCUT2D eigenvalue weighted by molar-refractivity contribution is 0.0602. The topological polar surface area (TPSA) is 77.8 Å². The van der Waals surface area contributed by atoms with E-state index in [0.717, 1.165) is 16.2 Å². The van der Waals surface area contributed by atoms with Crippen LogP contribution in [0.2, 0.25) is 0 Å². The number of anilines is 1. The van der Waals surface area contributed by atoms with Crippen molar-refractivity contribution >= 4 is 28.2 Å². The summed E-state index contributed by atoms with van der Waals surface area (Å²) < 4.78 is 16.0. The Labute approximate surface area is 160 Å². The maximum Gasteiger partial charge on any atom is 0.340 e. The van der Waals surface area contributed by atoms with Crippen LogP contribution in [0.3, 0.4) is 0 Å². The number of ether oxygens (including phenoxy) is 2. The molecule has 3 rings (SSSR count). The van der Waals surface area contributed by atoms with Crippen LogP contribution in [0.5, 0.6) is 5.75 Å². The van der Waals surface area contributed by atoms with Crippen LogP contribution < -0.4 is 10.1 Å². The summed E-state index contributed by atoms with van der Waals surface area (Å²) in [6.07, 6.45) is 0. The summed E-state index contributed by atoms with van der Waals surface area (Å²) in [7, 11) is 1.30. The lowest BCUT2D eigenvalue weighted by Gasteiger charge is -2.07. The molecule has 0 aliphatic heterocycles. The number of carbonyl (C=O) groups excluding carboxylic acids is 2. The van der Waals surface area contributed by atoms with Crippen LogP contribution in [-0.2, 0) is 11.3 Å². The van der Waals surface area contributed by atoms with E-state index in [4.69, 9.17) is 13.9 Å². The fraction of sp³-hybridized carbons (Fsp3) is 0.200. The molecule has 1 amide bonds. The predicted octanol–water partition coefficient (Wildman–Crippen LogP) is 4.58. The van der Waals surface area contributed by atoms with Gasteiger partial charge in [-0.2, -0.15) is 0 Å². The summed E-state index contributed by atoms with van der Waals surface area (Å²) >= 11 is 1.30. The quantitative estimate of drug-likeness (QED) is 0.629. The molecule has 0 fully saturated rings. The first-order valence-corrected chi connectivity index (χ1v) is 9.07. The van der Waals surface area contributed by atoms with E-state index in [0.29, 0.717) is 16.3 Å². The smallest absolute Gasteiger partial charge is 0.340 e. The number of hydrogen-bond donors (Lipinski definition) is 1. The van der Waals surface area contributed by atoms with Gasteiger partial charge in [0, 0.05) is 4.88 Å². The SMILES string of the molecule is COC(=O)c1cc(C)sc1NC(=O)c1ccc(COc2ccccc2C)o1. The van der Waals surface area contributed by atoms with Gasteiger partial charge in [-0.15, -0.1) is 11.3 Å². The molecule has 7 heteroatoms. The Morgan fingerprint density at radius 1 is 1.15 bits per heavy atom. The van der Waals surface area contributed by atoms with Gasteiger partial charge in [0.05, 0.1) is 12.7 Å². The molecule has 0 spiro atoms. The molecule has 27 heavy (non-hydrogen) atoms. The van der Waals surface area contributed by atoms with E-state index < -0.39 is 11.9 Å². The van der Waals surface area contributed by atoms with Crippen molar-refractivity contribution in [2.24, 2.45) is 0 Å². The van der Waals surface area contributed by atoms with Crippen LogP contribution in [0.1, 0.15) is 37.1 Å². The number of rotatable bonds is 6. The van der Waals surface area contributed by atoms with E-state index in [1.165, 1.54) is 18.4 Å². The first-order chi connectivity index (χ1) is 13.0. The van der Waals surface area contributed by atoms with Crippen LogP contribution in [0.15, 0.2) is 46.9 Å². The Morgan fingerprint density at radius 2 is 1.93 bits per heavy atom. The van der Waals surface area contributed by atoms with Crippen LogP contribution in [0.25, 0.3) is 0 Å². The number of para-hydroxylation sites is 1. The lowest BCUT2D eigenvalue weighted by Crippen LogP contribution is -2.13. The molecule has 0 saturated carbocycles. The minimum Gasteiger partial charge on any atom is -0.485 e. The van der Waals surface area contributed by atoms with E-state index in [1.807, 2.05) is 38.1 Å². The fourth-order valence-electron chi connectivity index (χ4n) is 2.48. The highest BCUT2D eigenvalue weighted by Gasteiger charge is 2.19. The van der Waals surface area contributed by atoms with Gasteiger partial charge >= 0.3 is 5.97 Å². The van der Waals surface area contributed by atoms with Crippen molar-refractivity contribution in [1.82, 2.24) is 0 Å². The average Bonchev–Trinajstić information content (AvgIpc) is 3.27. The van der Waals surface area contributed by atoms with Gasteiger partial charge in [0.1, 0.15) is 23.1 Å². The standard InChI is InChI=1S/C20H19NO5S/c1-12-6-4-5-7-16(12)25-11-14-8-9-17(26-14)18(22)21-19-15(20(23)24-3)10-13(2)27-19/h4-10H,11H2,1-3H3,(H,21,22). The fourth-order valence-corrected chi connectivity index (χ4v) is 3.37. The summed E-state index contributed by atoms with van der Waals surface area (Å²) in [4.78, 5) is 25.1. The highest BCUT2D eigenvalue weighted by Crippen LogP contribution is 2.29. The third kappa shape index (κ3) is 4.38. The van der Waals surface area contributed by atoms with Gasteiger partial charge in [-0.3, -0.25) is 4.79 Å². The van der Waals surface area contributed by atoms with Gasteiger partial charge in [0.25, 0.3) is 5.91 Å². The van der Waals surface area contributed by atoms with Crippen LogP contribution in [0.4, 0.5) is 5.00 Å². The number of aryl methyl sites for hydroxylation is 2. The Balaban J connectivity index is 1.67. The molecule has 0 radical (unpaired) electrons. The number of thiophene rings is 1. The van der Waals surface area contributed by atoms with E-state index in [1.54, 1.807) is 18.2 Å². The third-order valence-electron chi connectivity index (χ3n) is 3.84. The monoisotopic (exact) mass is 385 g/mol. The van der Waals surface area contributed by atoms with Crippen molar-refractivity contribution < 1.29 is 23.5 Å². The Bertz CT molecular complexity index is 972. The van der Waals surface area contributed by atoms with Crippen molar-refractivity contribution in [3.8, 4) is 5.75 Å². The van der Waals surface area contributed by atoms with Crippen molar-refractivity contribution in [3.05, 3.63) is 70.0 Å². The summed E-state index contributed by atoms with van der Waals surface area (Å²) in [5.41, 5.74) is 1.34. The number of benzene rings is 1. The van der Waals surface area contributed by atoms with E-state index in [2.05, 4.69) is 5.32 Å². The molecular formula is C20H19NO5S. The largest absolute Gasteiger partial charge is 0.485 e. The third-order valence-corrected chi connectivity index (χ3v) is 4.80. The van der Waals surface area contributed by atoms with Crippen LogP contribution in [0, 0.1) is 13.8 Å². The second-order valence-electron chi connectivity index (χ2n) is 5.87. The van der Waals surface area contributed by atoms with Crippen molar-refractivity contribution in [3.63, 3.8) is 0 Å². The zero-order chi connectivity index (χ0) is 19.4. The zero-order valence-corrected chi connectivity index (χ0v) is 16.0. The maximum absolute atomic E-state index is 12.4. The minimum absolute atomic E-state index is 0.139. The molecule has 3 aromatic rings. The van der Waals surface area contributed by atoms with E-state index in [9.17, 15) is 9.59 Å². The number of carbonyl (C=O) groups is 2. The van der Waals surface area contributed by atoms with Gasteiger partial charge in [-0.25, -0.2) is 4.79 Å². The molecule has 0 unspecified atom stereocenters. The van der Waals surface area contributed by atoms with Crippen LogP contribution in [-0.4, -0.2) is 19.0 Å². The Morgan fingerprint density at radius 3 is 2.67 bits per heavy atom. The van der Waals surface area contributed by atoms with E-state index in [-0.39, 0.29) is 12.4 Å². The van der Waals surface area contributed by atoms with Crippen molar-refractivity contribution in [1.29, 1.82) is 0 Å².